The SMILES string of the molecule is CN(C)c1ccc2[c](c1)[Bi]([Cl])[c]1ccccc1S2(=O)=O. The number of hydrogen-bond donors (Lipinski definition) is 0. The van der Waals surface area contributed by atoms with Gasteiger partial charge in [0.2, 0.25) is 0 Å². The van der Waals surface area contributed by atoms with E-state index in [9.17, 15) is 8.42 Å². The van der Waals surface area contributed by atoms with E-state index in [4.69, 9.17) is 8.51 Å². The van der Waals surface area contributed by atoms with Crippen molar-refractivity contribution in [3.8, 4) is 0 Å². The molecule has 104 valence electrons. The van der Waals surface area contributed by atoms with Crippen molar-refractivity contribution in [1.29, 1.82) is 0 Å². The van der Waals surface area contributed by atoms with Crippen LogP contribution in [0.15, 0.2) is 52.3 Å². The second-order valence-corrected chi connectivity index (χ2v) is 15.6. The Kier molecular flexibility index (Phi) is 3.56. The Morgan fingerprint density at radius 1 is 1.00 bits per heavy atom. The summed E-state index contributed by atoms with van der Waals surface area (Å²) in [5.41, 5.74) is 0.985. The minimum atomic E-state index is -3.43. The monoisotopic (exact) mass is 503 g/mol. The molecule has 0 unspecified atom stereocenters. The van der Waals surface area contributed by atoms with E-state index in [-0.39, 0.29) is 0 Å². The molecule has 1 aliphatic rings. The molecular formula is C14H13BiClNO2S. The zero-order valence-corrected chi connectivity index (χ0v) is 16.1. The number of anilines is 1. The summed E-state index contributed by atoms with van der Waals surface area (Å²) < 4.78 is 27.1. The number of halogens is 1. The molecule has 0 saturated heterocycles. The average Bonchev–Trinajstić information content (AvgIpc) is 2.44. The van der Waals surface area contributed by atoms with Gasteiger partial charge < -0.3 is 0 Å². The molecule has 20 heavy (non-hydrogen) atoms. The third-order valence-electron chi connectivity index (χ3n) is 3.33. The number of rotatable bonds is 1. The Morgan fingerprint density at radius 2 is 1.65 bits per heavy atom. The first kappa shape index (κ1) is 14.3. The molecule has 2 aromatic carbocycles. The van der Waals surface area contributed by atoms with Crippen molar-refractivity contribution >= 4 is 51.1 Å². The predicted molar refractivity (Wildman–Crippen MR) is 83.5 cm³/mol. The minimum absolute atomic E-state index is 0.398. The molecule has 3 rings (SSSR count). The first-order valence-electron chi connectivity index (χ1n) is 6.04. The maximum absolute atomic E-state index is 12.7. The Balaban J connectivity index is 2.32. The van der Waals surface area contributed by atoms with E-state index in [0.717, 1.165) is 12.2 Å². The van der Waals surface area contributed by atoms with Crippen LogP contribution < -0.4 is 11.4 Å². The van der Waals surface area contributed by atoms with Crippen molar-refractivity contribution in [2.45, 2.75) is 9.79 Å². The molecule has 0 bridgehead atoms. The van der Waals surface area contributed by atoms with Crippen molar-refractivity contribution in [1.82, 2.24) is 0 Å². The summed E-state index contributed by atoms with van der Waals surface area (Å²) >= 11 is -2.69. The Hall–Kier alpha value is -0.637. The van der Waals surface area contributed by atoms with Crippen LogP contribution in [0.4, 0.5) is 5.69 Å². The molecule has 0 atom stereocenters. The third-order valence-corrected chi connectivity index (χ3v) is 15.9. The van der Waals surface area contributed by atoms with Crippen molar-refractivity contribution in [2.24, 2.45) is 0 Å². The van der Waals surface area contributed by atoms with E-state index in [1.807, 2.05) is 43.3 Å². The maximum atomic E-state index is 12.7. The summed E-state index contributed by atoms with van der Waals surface area (Å²) in [6, 6.07) is 12.6. The summed E-state index contributed by atoms with van der Waals surface area (Å²) in [5.74, 6) is 0. The van der Waals surface area contributed by atoms with Gasteiger partial charge in [-0.1, -0.05) is 0 Å². The fourth-order valence-corrected chi connectivity index (χ4v) is 16.4. The molecule has 0 spiro atoms. The molecule has 0 fully saturated rings. The van der Waals surface area contributed by atoms with Crippen LogP contribution in [-0.2, 0) is 9.84 Å². The van der Waals surface area contributed by atoms with Crippen LogP contribution in [0.1, 0.15) is 0 Å². The van der Waals surface area contributed by atoms with Gasteiger partial charge in [-0.15, -0.1) is 0 Å². The van der Waals surface area contributed by atoms with Gasteiger partial charge >= 0.3 is 131 Å². The summed E-state index contributed by atoms with van der Waals surface area (Å²) in [7, 11) is 7.14. The van der Waals surface area contributed by atoms with E-state index in [1.165, 1.54) is 0 Å². The Bertz CT molecular complexity index is 790. The van der Waals surface area contributed by atoms with Crippen LogP contribution in [0.25, 0.3) is 0 Å². The zero-order chi connectivity index (χ0) is 14.5. The molecule has 0 aliphatic carbocycles. The normalized spacial score (nSPS) is 16.4. The van der Waals surface area contributed by atoms with Gasteiger partial charge in [-0.25, -0.2) is 0 Å². The van der Waals surface area contributed by atoms with Crippen molar-refractivity contribution in [3.63, 3.8) is 0 Å². The molecular weight excluding hydrogens is 491 g/mol. The van der Waals surface area contributed by atoms with Gasteiger partial charge in [0.25, 0.3) is 0 Å². The van der Waals surface area contributed by atoms with Gasteiger partial charge in [0.15, 0.2) is 0 Å². The fraction of sp³-hybridized carbons (Fsp3) is 0.143. The molecule has 0 aromatic heterocycles. The number of hydrogen-bond acceptors (Lipinski definition) is 3. The molecule has 1 heterocycles. The quantitative estimate of drug-likeness (QED) is 0.550. The molecule has 0 radical (unpaired) electrons. The average molecular weight is 504 g/mol. The molecule has 2 aromatic rings. The van der Waals surface area contributed by atoms with Crippen molar-refractivity contribution < 1.29 is 8.42 Å². The first-order valence-corrected chi connectivity index (χ1v) is 15.3. The van der Waals surface area contributed by atoms with Gasteiger partial charge in [-0.2, -0.15) is 0 Å². The van der Waals surface area contributed by atoms with Gasteiger partial charge in [-0.3, -0.25) is 0 Å². The number of benzene rings is 2. The Morgan fingerprint density at radius 3 is 2.35 bits per heavy atom. The summed E-state index contributed by atoms with van der Waals surface area (Å²) in [6.45, 7) is 0. The molecule has 0 N–H and O–H groups in total. The van der Waals surface area contributed by atoms with Crippen LogP contribution in [-0.4, -0.2) is 43.1 Å². The van der Waals surface area contributed by atoms with E-state index >= 15 is 0 Å². The van der Waals surface area contributed by atoms with E-state index in [2.05, 4.69) is 0 Å². The molecule has 3 nitrogen and oxygen atoms in total. The van der Waals surface area contributed by atoms with E-state index < -0.39 is 30.4 Å². The molecule has 1 aliphatic heterocycles. The second kappa shape index (κ2) is 4.97. The van der Waals surface area contributed by atoms with Gasteiger partial charge in [0.1, 0.15) is 0 Å². The molecule has 6 heteroatoms. The number of fused-ring (bicyclic) bond motifs is 2. The Labute approximate surface area is 130 Å². The third kappa shape index (κ3) is 2.07. The predicted octanol–water partition coefficient (Wildman–Crippen LogP) is 1.24. The van der Waals surface area contributed by atoms with E-state index in [0.29, 0.717) is 9.79 Å². The summed E-state index contributed by atoms with van der Waals surface area (Å²) in [4.78, 5) is 2.76. The van der Waals surface area contributed by atoms with Crippen LogP contribution in [0.2, 0.25) is 0 Å². The van der Waals surface area contributed by atoms with Crippen LogP contribution in [0.5, 0.6) is 0 Å². The van der Waals surface area contributed by atoms with Crippen molar-refractivity contribution in [3.05, 3.63) is 42.5 Å². The zero-order valence-electron chi connectivity index (χ0n) is 11.0. The summed E-state index contributed by atoms with van der Waals surface area (Å²) in [6.07, 6.45) is 0. The number of nitrogens with zero attached hydrogens (tertiary/aromatic N) is 1. The first-order chi connectivity index (χ1) is 9.43. The van der Waals surface area contributed by atoms with Crippen molar-refractivity contribution in [2.75, 3.05) is 19.0 Å². The fourth-order valence-electron chi connectivity index (χ4n) is 2.26. The van der Waals surface area contributed by atoms with E-state index in [1.54, 1.807) is 18.2 Å². The standard InChI is InChI=1S/C14H13NO2S.Bi.ClH/c1-15(2)12-8-10-14(11-9-12)18(16,17)13-6-4-3-5-7-13;;/h3-6,8-10H,1-2H3;;1H/q;+1;/p-1. The van der Waals surface area contributed by atoms with Gasteiger partial charge in [-0.05, 0) is 0 Å². The molecule has 0 amide bonds. The van der Waals surface area contributed by atoms with Crippen LogP contribution in [0, 0.1) is 0 Å². The van der Waals surface area contributed by atoms with Gasteiger partial charge in [0, 0.05) is 0 Å². The van der Waals surface area contributed by atoms with Gasteiger partial charge in [0.05, 0.1) is 0 Å². The summed E-state index contributed by atoms with van der Waals surface area (Å²) in [5, 5.41) is 0. The second-order valence-electron chi connectivity index (χ2n) is 4.80. The van der Waals surface area contributed by atoms with Crippen LogP contribution in [0.3, 0.4) is 0 Å². The topological polar surface area (TPSA) is 37.4 Å². The molecule has 0 saturated carbocycles. The van der Waals surface area contributed by atoms with Crippen LogP contribution >= 0.6 is 8.51 Å². The number of sulfone groups is 1.